The molecule has 1 aromatic carbocycles. The molecule has 0 bridgehead atoms. The van der Waals surface area contributed by atoms with Crippen molar-refractivity contribution in [3.63, 3.8) is 0 Å². The van der Waals surface area contributed by atoms with E-state index < -0.39 is 0 Å². The first kappa shape index (κ1) is 21.9. The Hall–Kier alpha value is -1.96. The molecule has 174 valence electrons. The Morgan fingerprint density at radius 3 is 2.53 bits per heavy atom. The number of aryl methyl sites for hydroxylation is 1. The van der Waals surface area contributed by atoms with Crippen molar-refractivity contribution in [3.8, 4) is 0 Å². The van der Waals surface area contributed by atoms with Gasteiger partial charge in [-0.05, 0) is 45.6 Å². The topological polar surface area (TPSA) is 53.8 Å². The van der Waals surface area contributed by atoms with Gasteiger partial charge in [0.2, 0.25) is 0 Å². The van der Waals surface area contributed by atoms with Gasteiger partial charge in [-0.2, -0.15) is 5.10 Å². The van der Waals surface area contributed by atoms with E-state index >= 15 is 0 Å². The van der Waals surface area contributed by atoms with Gasteiger partial charge in [-0.15, -0.1) is 0 Å². The zero-order chi connectivity index (χ0) is 22.3. The molecule has 0 saturated carbocycles. The van der Waals surface area contributed by atoms with Gasteiger partial charge in [-0.3, -0.25) is 19.3 Å². The second-order valence-electron chi connectivity index (χ2n) is 10.1. The molecule has 3 saturated heterocycles. The molecule has 1 amide bonds. The molecule has 1 spiro atoms. The van der Waals surface area contributed by atoms with Gasteiger partial charge in [0.15, 0.2) is 5.69 Å². The maximum absolute atomic E-state index is 13.3. The zero-order valence-electron chi connectivity index (χ0n) is 19.8. The molecule has 5 rings (SSSR count). The first-order valence-electron chi connectivity index (χ1n) is 12.3. The Morgan fingerprint density at radius 1 is 1.09 bits per heavy atom. The Kier molecular flexibility index (Phi) is 5.99. The molecule has 0 radical (unpaired) electrons. The van der Waals surface area contributed by atoms with Crippen LogP contribution in [0.1, 0.15) is 50.0 Å². The predicted octanol–water partition coefficient (Wildman–Crippen LogP) is 2.75. The molecule has 2 aromatic rings. The highest BCUT2D eigenvalue weighted by Gasteiger charge is 2.43. The molecule has 4 heterocycles. The molecule has 0 N–H and O–H groups in total. The zero-order valence-corrected chi connectivity index (χ0v) is 19.8. The number of amides is 1. The Bertz CT molecular complexity index is 954. The van der Waals surface area contributed by atoms with Crippen molar-refractivity contribution < 1.29 is 9.53 Å². The fourth-order valence-corrected chi connectivity index (χ4v) is 5.92. The number of piperidine rings is 1. The summed E-state index contributed by atoms with van der Waals surface area (Å²) in [5.74, 6) is 0.0498. The number of likely N-dealkylation sites (tertiary alicyclic amines) is 1. The minimum absolute atomic E-state index is 0.0498. The standard InChI is InChI=1S/C25H37N5O2/c1-19(2)28-13-15-29(16-14-28)20-8-17-32-25(18-20)9-11-30(12-10-25)24(31)23-21-6-4-5-7-22(21)27(3)26-23/h4-7,19-20H,8-18H2,1-3H3/t20-/m1/s1. The second kappa shape index (κ2) is 8.76. The lowest BCUT2D eigenvalue weighted by atomic mass is 9.81. The van der Waals surface area contributed by atoms with Gasteiger partial charge in [-0.25, -0.2) is 0 Å². The minimum atomic E-state index is -0.0684. The SMILES string of the molecule is CC(C)N1CCN([C@@H]2CCOC3(CCN(C(=O)c4nn(C)c5ccccc45)CC3)C2)CC1. The van der Waals surface area contributed by atoms with Gasteiger partial charge >= 0.3 is 0 Å². The largest absolute Gasteiger partial charge is 0.375 e. The number of carbonyl (C=O) groups excluding carboxylic acids is 1. The molecule has 3 fully saturated rings. The Morgan fingerprint density at radius 2 is 1.81 bits per heavy atom. The molecular weight excluding hydrogens is 402 g/mol. The van der Waals surface area contributed by atoms with Gasteiger partial charge in [0.25, 0.3) is 5.91 Å². The van der Waals surface area contributed by atoms with Crippen molar-refractivity contribution in [1.82, 2.24) is 24.5 Å². The van der Waals surface area contributed by atoms with Crippen LogP contribution in [0, 0.1) is 0 Å². The monoisotopic (exact) mass is 439 g/mol. The number of fused-ring (bicyclic) bond motifs is 1. The van der Waals surface area contributed by atoms with E-state index in [2.05, 4.69) is 28.7 Å². The first-order valence-corrected chi connectivity index (χ1v) is 12.3. The molecule has 7 heteroatoms. The summed E-state index contributed by atoms with van der Waals surface area (Å²) in [5.41, 5.74) is 1.51. The number of ether oxygens (including phenoxy) is 1. The lowest BCUT2D eigenvalue weighted by molar-refractivity contribution is -0.132. The number of nitrogens with zero attached hydrogens (tertiary/aromatic N) is 5. The summed E-state index contributed by atoms with van der Waals surface area (Å²) >= 11 is 0. The molecule has 7 nitrogen and oxygen atoms in total. The van der Waals surface area contributed by atoms with Crippen LogP contribution in [0.2, 0.25) is 0 Å². The Balaban J connectivity index is 1.21. The molecule has 1 aromatic heterocycles. The molecule has 0 aliphatic carbocycles. The van der Waals surface area contributed by atoms with E-state index in [0.717, 1.165) is 69.4 Å². The number of aromatic nitrogens is 2. The van der Waals surface area contributed by atoms with E-state index in [1.807, 2.05) is 40.9 Å². The Labute approximate surface area is 191 Å². The maximum atomic E-state index is 13.3. The lowest BCUT2D eigenvalue weighted by Gasteiger charge is -2.50. The van der Waals surface area contributed by atoms with Crippen LogP contribution in [0.3, 0.4) is 0 Å². The lowest BCUT2D eigenvalue weighted by Crippen LogP contribution is -2.58. The predicted molar refractivity (Wildman–Crippen MR) is 126 cm³/mol. The van der Waals surface area contributed by atoms with E-state index in [4.69, 9.17) is 4.74 Å². The summed E-state index contributed by atoms with van der Waals surface area (Å²) in [5, 5.41) is 5.48. The van der Waals surface area contributed by atoms with E-state index in [0.29, 0.717) is 17.8 Å². The quantitative estimate of drug-likeness (QED) is 0.736. The third-order valence-corrected chi connectivity index (χ3v) is 7.98. The normalized spacial score (nSPS) is 25.1. The van der Waals surface area contributed by atoms with E-state index in [1.54, 1.807) is 0 Å². The highest BCUT2D eigenvalue weighted by atomic mass is 16.5. The highest BCUT2D eigenvalue weighted by Crippen LogP contribution is 2.37. The number of rotatable bonds is 3. The summed E-state index contributed by atoms with van der Waals surface area (Å²) in [6.45, 7) is 11.6. The highest BCUT2D eigenvalue weighted by molar-refractivity contribution is 6.04. The van der Waals surface area contributed by atoms with Gasteiger partial charge in [-0.1, -0.05) is 18.2 Å². The number of hydrogen-bond acceptors (Lipinski definition) is 5. The third kappa shape index (κ3) is 4.06. The number of carbonyl (C=O) groups is 1. The summed E-state index contributed by atoms with van der Waals surface area (Å²) in [4.78, 5) is 20.5. The van der Waals surface area contributed by atoms with Crippen molar-refractivity contribution in [2.45, 2.75) is 57.2 Å². The van der Waals surface area contributed by atoms with Gasteiger partial charge < -0.3 is 9.64 Å². The number of para-hydroxylation sites is 1. The van der Waals surface area contributed by atoms with Crippen LogP contribution < -0.4 is 0 Å². The minimum Gasteiger partial charge on any atom is -0.375 e. The second-order valence-corrected chi connectivity index (χ2v) is 10.1. The van der Waals surface area contributed by atoms with Crippen LogP contribution in [0.25, 0.3) is 10.9 Å². The van der Waals surface area contributed by atoms with Crippen molar-refractivity contribution in [2.75, 3.05) is 45.9 Å². The number of piperazine rings is 1. The van der Waals surface area contributed by atoms with Crippen molar-refractivity contribution >= 4 is 16.8 Å². The van der Waals surface area contributed by atoms with Gasteiger partial charge in [0.1, 0.15) is 0 Å². The maximum Gasteiger partial charge on any atom is 0.275 e. The van der Waals surface area contributed by atoms with Crippen molar-refractivity contribution in [2.24, 2.45) is 7.05 Å². The van der Waals surface area contributed by atoms with Gasteiger partial charge in [0, 0.05) is 70.4 Å². The smallest absolute Gasteiger partial charge is 0.275 e. The van der Waals surface area contributed by atoms with Crippen molar-refractivity contribution in [1.29, 1.82) is 0 Å². The fourth-order valence-electron chi connectivity index (χ4n) is 5.92. The first-order chi connectivity index (χ1) is 15.5. The molecule has 3 aliphatic heterocycles. The summed E-state index contributed by atoms with van der Waals surface area (Å²) in [6, 6.07) is 9.22. The third-order valence-electron chi connectivity index (χ3n) is 7.98. The van der Waals surface area contributed by atoms with Crippen LogP contribution >= 0.6 is 0 Å². The molecule has 32 heavy (non-hydrogen) atoms. The van der Waals surface area contributed by atoms with Crippen LogP contribution in [-0.2, 0) is 11.8 Å². The number of benzene rings is 1. The fraction of sp³-hybridized carbons (Fsp3) is 0.680. The summed E-state index contributed by atoms with van der Waals surface area (Å²) < 4.78 is 8.21. The average Bonchev–Trinajstić information content (AvgIpc) is 3.16. The molecular formula is C25H37N5O2. The van der Waals surface area contributed by atoms with E-state index in [-0.39, 0.29) is 11.5 Å². The van der Waals surface area contributed by atoms with Gasteiger partial charge in [0.05, 0.1) is 11.1 Å². The van der Waals surface area contributed by atoms with Crippen LogP contribution in [-0.4, -0.2) is 93.9 Å². The van der Waals surface area contributed by atoms with E-state index in [9.17, 15) is 4.79 Å². The van der Waals surface area contributed by atoms with Crippen molar-refractivity contribution in [3.05, 3.63) is 30.0 Å². The molecule has 1 atom stereocenters. The summed E-state index contributed by atoms with van der Waals surface area (Å²) in [7, 11) is 1.90. The van der Waals surface area contributed by atoms with Crippen LogP contribution in [0.4, 0.5) is 0 Å². The summed E-state index contributed by atoms with van der Waals surface area (Å²) in [6.07, 6.45) is 4.08. The van der Waals surface area contributed by atoms with Crippen LogP contribution in [0.15, 0.2) is 24.3 Å². The van der Waals surface area contributed by atoms with E-state index in [1.165, 1.54) is 13.1 Å². The molecule has 3 aliphatic rings. The van der Waals surface area contributed by atoms with Crippen LogP contribution in [0.5, 0.6) is 0 Å². The number of hydrogen-bond donors (Lipinski definition) is 0. The average molecular weight is 440 g/mol. The molecule has 0 unspecified atom stereocenters.